The minimum Gasteiger partial charge on any atom is -0.373 e. The largest absolute Gasteiger partial charge is 0.373 e. The minimum absolute atomic E-state index is 0.395. The molecule has 0 fully saturated rings. The van der Waals surface area contributed by atoms with E-state index in [1.807, 2.05) is 0 Å². The van der Waals surface area contributed by atoms with Crippen LogP contribution in [0.15, 0.2) is 11.8 Å². The molecular weight excluding hydrogens is 170 g/mol. The molecule has 0 amide bonds. The molecule has 1 unspecified atom stereocenters. The topological polar surface area (TPSA) is 3.24 Å². The second-order valence-electron chi connectivity index (χ2n) is 5.37. The Labute approximate surface area is 89.2 Å². The molecule has 82 valence electrons. The summed E-state index contributed by atoms with van der Waals surface area (Å²) >= 11 is 0. The zero-order valence-electron chi connectivity index (χ0n) is 10.4. The summed E-state index contributed by atoms with van der Waals surface area (Å²) in [6.45, 7) is 12.8. The molecule has 0 spiro atoms. The van der Waals surface area contributed by atoms with Gasteiger partial charge in [0.2, 0.25) is 0 Å². The van der Waals surface area contributed by atoms with Gasteiger partial charge in [0.05, 0.1) is 0 Å². The normalized spacial score (nSPS) is 26.2. The summed E-state index contributed by atoms with van der Waals surface area (Å²) in [4.78, 5) is 2.56. The molecule has 0 aromatic carbocycles. The molecule has 1 rings (SSSR count). The number of rotatable bonds is 3. The van der Waals surface area contributed by atoms with E-state index in [2.05, 4.69) is 45.6 Å². The van der Waals surface area contributed by atoms with Gasteiger partial charge in [-0.15, -0.1) is 0 Å². The molecule has 0 aromatic heterocycles. The Bertz CT molecular complexity index is 215. The van der Waals surface area contributed by atoms with E-state index in [1.54, 1.807) is 0 Å². The van der Waals surface area contributed by atoms with Crippen molar-refractivity contribution in [1.82, 2.24) is 4.90 Å². The molecule has 0 radical (unpaired) electrons. The molecule has 1 nitrogen and oxygen atoms in total. The molecule has 1 heteroatoms. The average Bonchev–Trinajstić information content (AvgIpc) is 2.00. The quantitative estimate of drug-likeness (QED) is 0.662. The van der Waals surface area contributed by atoms with Gasteiger partial charge in [-0.05, 0) is 32.1 Å². The maximum atomic E-state index is 2.56. The Morgan fingerprint density at radius 2 is 2.14 bits per heavy atom. The van der Waals surface area contributed by atoms with Gasteiger partial charge in [0, 0.05) is 18.3 Å². The minimum atomic E-state index is 0.395. The highest BCUT2D eigenvalue weighted by Gasteiger charge is 2.28. The van der Waals surface area contributed by atoms with Gasteiger partial charge in [-0.25, -0.2) is 0 Å². The van der Waals surface area contributed by atoms with E-state index in [-0.39, 0.29) is 0 Å². The molecule has 1 aliphatic heterocycles. The molecule has 0 aromatic rings. The predicted molar refractivity (Wildman–Crippen MR) is 63.2 cm³/mol. The fraction of sp³-hybridized carbons (Fsp3) is 0.846. The van der Waals surface area contributed by atoms with Crippen LogP contribution in [0.1, 0.15) is 53.9 Å². The van der Waals surface area contributed by atoms with Crippen LogP contribution >= 0.6 is 0 Å². The molecule has 1 aliphatic rings. The van der Waals surface area contributed by atoms with Crippen LogP contribution in [0, 0.1) is 5.41 Å². The van der Waals surface area contributed by atoms with Crippen molar-refractivity contribution in [3.8, 4) is 0 Å². The van der Waals surface area contributed by atoms with Gasteiger partial charge >= 0.3 is 0 Å². The Morgan fingerprint density at radius 1 is 1.50 bits per heavy atom. The first kappa shape index (κ1) is 11.6. The van der Waals surface area contributed by atoms with Gasteiger partial charge in [0.25, 0.3) is 0 Å². The van der Waals surface area contributed by atoms with Gasteiger partial charge < -0.3 is 4.90 Å². The van der Waals surface area contributed by atoms with E-state index < -0.39 is 0 Å². The van der Waals surface area contributed by atoms with Crippen LogP contribution in [0.3, 0.4) is 0 Å². The van der Waals surface area contributed by atoms with E-state index in [0.717, 1.165) is 0 Å². The molecule has 1 atom stereocenters. The Kier molecular flexibility index (Phi) is 3.63. The van der Waals surface area contributed by atoms with Gasteiger partial charge in [-0.2, -0.15) is 0 Å². The summed E-state index contributed by atoms with van der Waals surface area (Å²) in [5.41, 5.74) is 1.87. The Hall–Kier alpha value is -0.460. The lowest BCUT2D eigenvalue weighted by Crippen LogP contribution is -2.39. The summed E-state index contributed by atoms with van der Waals surface area (Å²) in [6.07, 6.45) is 6.33. The van der Waals surface area contributed by atoms with Crippen molar-refractivity contribution < 1.29 is 0 Å². The number of allylic oxidation sites excluding steroid dienone is 2. The van der Waals surface area contributed by atoms with E-state index >= 15 is 0 Å². The van der Waals surface area contributed by atoms with Crippen LogP contribution in [-0.4, -0.2) is 17.5 Å². The smallest absolute Gasteiger partial charge is 0.0266 e. The first-order chi connectivity index (χ1) is 6.46. The fourth-order valence-corrected chi connectivity index (χ4v) is 2.65. The summed E-state index contributed by atoms with van der Waals surface area (Å²) in [7, 11) is 0. The van der Waals surface area contributed by atoms with Crippen molar-refractivity contribution in [2.45, 2.75) is 59.9 Å². The SMILES string of the molecule is CCCCN1C(C)=CC(C)(C)CC1C. The molecule has 0 saturated heterocycles. The molecule has 14 heavy (non-hydrogen) atoms. The van der Waals surface area contributed by atoms with Crippen LogP contribution in [0.5, 0.6) is 0 Å². The molecule has 0 bridgehead atoms. The highest BCUT2D eigenvalue weighted by Crippen LogP contribution is 2.34. The van der Waals surface area contributed by atoms with Crippen molar-refractivity contribution >= 4 is 0 Å². The summed E-state index contributed by atoms with van der Waals surface area (Å²) in [5, 5.41) is 0. The van der Waals surface area contributed by atoms with Crippen molar-refractivity contribution in [2.75, 3.05) is 6.54 Å². The van der Waals surface area contributed by atoms with Crippen LogP contribution in [0.4, 0.5) is 0 Å². The monoisotopic (exact) mass is 195 g/mol. The lowest BCUT2D eigenvalue weighted by atomic mass is 9.81. The van der Waals surface area contributed by atoms with Crippen LogP contribution in [0.25, 0.3) is 0 Å². The standard InChI is InChI=1S/C13H25N/c1-6-7-8-14-11(2)9-13(4,5)10-12(14)3/h9,12H,6-8,10H2,1-5H3. The lowest BCUT2D eigenvalue weighted by Gasteiger charge is -2.41. The maximum absolute atomic E-state index is 2.56. The van der Waals surface area contributed by atoms with Crippen molar-refractivity contribution in [3.63, 3.8) is 0 Å². The zero-order valence-corrected chi connectivity index (χ0v) is 10.4. The van der Waals surface area contributed by atoms with Crippen LogP contribution < -0.4 is 0 Å². The molecular formula is C13H25N. The Balaban J connectivity index is 2.68. The third-order valence-corrected chi connectivity index (χ3v) is 3.16. The second kappa shape index (κ2) is 4.37. The van der Waals surface area contributed by atoms with Gasteiger partial charge in [-0.1, -0.05) is 33.3 Å². The van der Waals surface area contributed by atoms with Gasteiger partial charge in [-0.3, -0.25) is 0 Å². The lowest BCUT2D eigenvalue weighted by molar-refractivity contribution is 0.182. The third-order valence-electron chi connectivity index (χ3n) is 3.16. The molecule has 0 saturated carbocycles. The number of nitrogens with zero attached hydrogens (tertiary/aromatic N) is 1. The van der Waals surface area contributed by atoms with Crippen molar-refractivity contribution in [1.29, 1.82) is 0 Å². The zero-order chi connectivity index (χ0) is 10.8. The molecule has 1 heterocycles. The number of hydrogen-bond acceptors (Lipinski definition) is 1. The Morgan fingerprint density at radius 3 is 2.64 bits per heavy atom. The first-order valence-electron chi connectivity index (χ1n) is 5.92. The van der Waals surface area contributed by atoms with E-state index in [9.17, 15) is 0 Å². The van der Waals surface area contributed by atoms with Crippen LogP contribution in [0.2, 0.25) is 0 Å². The summed E-state index contributed by atoms with van der Waals surface area (Å²) < 4.78 is 0. The second-order valence-corrected chi connectivity index (χ2v) is 5.37. The summed E-state index contributed by atoms with van der Waals surface area (Å²) in [6, 6.07) is 0.710. The average molecular weight is 195 g/mol. The van der Waals surface area contributed by atoms with E-state index in [1.165, 1.54) is 31.5 Å². The van der Waals surface area contributed by atoms with Gasteiger partial charge in [0.15, 0.2) is 0 Å². The summed E-state index contributed by atoms with van der Waals surface area (Å²) in [5.74, 6) is 0. The van der Waals surface area contributed by atoms with Gasteiger partial charge in [0.1, 0.15) is 0 Å². The van der Waals surface area contributed by atoms with E-state index in [0.29, 0.717) is 11.5 Å². The van der Waals surface area contributed by atoms with Crippen molar-refractivity contribution in [2.24, 2.45) is 5.41 Å². The predicted octanol–water partition coefficient (Wildman–Crippen LogP) is 3.81. The first-order valence-corrected chi connectivity index (χ1v) is 5.92. The fourth-order valence-electron chi connectivity index (χ4n) is 2.65. The number of unbranched alkanes of at least 4 members (excludes halogenated alkanes) is 1. The third kappa shape index (κ3) is 2.76. The number of hydrogen-bond donors (Lipinski definition) is 0. The molecule has 0 N–H and O–H groups in total. The van der Waals surface area contributed by atoms with Crippen LogP contribution in [-0.2, 0) is 0 Å². The highest BCUT2D eigenvalue weighted by atomic mass is 15.2. The van der Waals surface area contributed by atoms with Crippen molar-refractivity contribution in [3.05, 3.63) is 11.8 Å². The highest BCUT2D eigenvalue weighted by molar-refractivity contribution is 5.11. The maximum Gasteiger partial charge on any atom is 0.0266 e. The molecule has 0 aliphatic carbocycles. The van der Waals surface area contributed by atoms with E-state index in [4.69, 9.17) is 0 Å².